The van der Waals surface area contributed by atoms with E-state index in [1.165, 1.54) is 6.07 Å². The number of pyridine rings is 1. The predicted octanol–water partition coefficient (Wildman–Crippen LogP) is 4.61. The molecule has 3 aromatic rings. The molecular weight excluding hydrogens is 399 g/mol. The molecule has 2 aromatic carbocycles. The number of alkyl carbamates (subject to hydrolysis) is 1. The average molecular weight is 420 g/mol. The lowest BCUT2D eigenvalue weighted by atomic mass is 9.82. The van der Waals surface area contributed by atoms with Crippen LogP contribution in [-0.2, 0) is 9.53 Å². The number of rotatable bonds is 4. The highest BCUT2D eigenvalue weighted by atomic mass is 19.1. The number of H-pyrrole nitrogens is 1. The van der Waals surface area contributed by atoms with Crippen LogP contribution in [0.15, 0.2) is 64.7 Å². The van der Waals surface area contributed by atoms with E-state index >= 15 is 0 Å². The molecule has 0 spiro atoms. The zero-order chi connectivity index (χ0) is 22.3. The van der Waals surface area contributed by atoms with Gasteiger partial charge in [-0.15, -0.1) is 0 Å². The molecule has 2 amide bonds. The number of fused-ring (bicyclic) bond motifs is 1. The number of ether oxygens (including phenoxy) is 1. The fraction of sp³-hybridized carbons (Fsp3) is 0.208. The standard InChI is InChI=1S/C24H21FN2O4/c1-12(2)20(13(3)21-23(29)27-24(30)31-21)16-9-10-19(26-22(16)28)15-8-7-14-5-4-6-18(25)17(14)11-15/h4-12,20H,1-3H3,(H,26,28)(H,27,29,30). The van der Waals surface area contributed by atoms with Crippen molar-refractivity contribution in [1.29, 1.82) is 0 Å². The van der Waals surface area contributed by atoms with Gasteiger partial charge in [0.2, 0.25) is 0 Å². The largest absolute Gasteiger partial charge is 0.419 e. The van der Waals surface area contributed by atoms with Gasteiger partial charge in [-0.1, -0.05) is 44.2 Å². The first kappa shape index (κ1) is 20.5. The van der Waals surface area contributed by atoms with Crippen molar-refractivity contribution in [1.82, 2.24) is 10.3 Å². The van der Waals surface area contributed by atoms with Gasteiger partial charge in [-0.05, 0) is 47.6 Å². The van der Waals surface area contributed by atoms with Crippen molar-refractivity contribution >= 4 is 22.8 Å². The lowest BCUT2D eigenvalue weighted by Crippen LogP contribution is -2.23. The van der Waals surface area contributed by atoms with Gasteiger partial charge < -0.3 is 9.72 Å². The Hall–Kier alpha value is -3.74. The van der Waals surface area contributed by atoms with E-state index in [0.717, 1.165) is 5.39 Å². The van der Waals surface area contributed by atoms with Crippen LogP contribution in [0.1, 0.15) is 32.3 Å². The van der Waals surface area contributed by atoms with E-state index < -0.39 is 17.9 Å². The maximum Gasteiger partial charge on any atom is 0.419 e. The first-order valence-electron chi connectivity index (χ1n) is 9.92. The molecule has 31 heavy (non-hydrogen) atoms. The van der Waals surface area contributed by atoms with Crippen LogP contribution in [0.25, 0.3) is 22.0 Å². The van der Waals surface area contributed by atoms with E-state index in [-0.39, 0.29) is 23.1 Å². The van der Waals surface area contributed by atoms with Crippen LogP contribution in [0.3, 0.4) is 0 Å². The minimum atomic E-state index is -0.824. The summed E-state index contributed by atoms with van der Waals surface area (Å²) >= 11 is 0. The number of carbonyl (C=O) groups is 2. The molecule has 1 saturated heterocycles. The van der Waals surface area contributed by atoms with E-state index in [2.05, 4.69) is 10.3 Å². The SMILES string of the molecule is CC(=C1OC(=O)NC1=O)C(c1ccc(-c2ccc3cccc(F)c3c2)[nH]c1=O)C(C)C. The molecule has 2 heterocycles. The van der Waals surface area contributed by atoms with Crippen molar-refractivity contribution < 1.29 is 18.7 Å². The van der Waals surface area contributed by atoms with Crippen LogP contribution in [0.2, 0.25) is 0 Å². The average Bonchev–Trinajstić information content (AvgIpc) is 3.07. The molecular formula is C24H21FN2O4. The highest BCUT2D eigenvalue weighted by Gasteiger charge is 2.33. The number of nitrogens with one attached hydrogen (secondary N) is 2. The van der Waals surface area contributed by atoms with Crippen LogP contribution in [0.4, 0.5) is 9.18 Å². The van der Waals surface area contributed by atoms with Crippen LogP contribution < -0.4 is 10.9 Å². The number of carbonyl (C=O) groups excluding carboxylic acids is 2. The van der Waals surface area contributed by atoms with Crippen molar-refractivity contribution in [3.05, 3.63) is 81.6 Å². The number of amides is 2. The number of allylic oxidation sites excluding steroid dienone is 1. The maximum atomic E-state index is 14.2. The Morgan fingerprint density at radius 3 is 2.45 bits per heavy atom. The third-order valence-corrected chi connectivity index (χ3v) is 5.52. The monoisotopic (exact) mass is 420 g/mol. The van der Waals surface area contributed by atoms with Crippen molar-refractivity contribution in [2.75, 3.05) is 0 Å². The van der Waals surface area contributed by atoms with E-state index in [0.29, 0.717) is 27.8 Å². The minimum absolute atomic E-state index is 0.0404. The van der Waals surface area contributed by atoms with Gasteiger partial charge in [-0.3, -0.25) is 14.9 Å². The Morgan fingerprint density at radius 2 is 1.81 bits per heavy atom. The topological polar surface area (TPSA) is 88.3 Å². The van der Waals surface area contributed by atoms with Gasteiger partial charge in [-0.25, -0.2) is 9.18 Å². The Labute approximate surface area is 177 Å². The molecule has 158 valence electrons. The third kappa shape index (κ3) is 3.74. The van der Waals surface area contributed by atoms with E-state index in [4.69, 9.17) is 4.74 Å². The zero-order valence-electron chi connectivity index (χ0n) is 17.3. The van der Waals surface area contributed by atoms with Crippen LogP contribution in [0, 0.1) is 11.7 Å². The molecule has 0 radical (unpaired) electrons. The number of aromatic nitrogens is 1. The van der Waals surface area contributed by atoms with Crippen molar-refractivity contribution in [3.8, 4) is 11.3 Å². The molecule has 4 rings (SSSR count). The van der Waals surface area contributed by atoms with Crippen LogP contribution in [0.5, 0.6) is 0 Å². The second-order valence-corrected chi connectivity index (χ2v) is 7.91. The molecule has 1 fully saturated rings. The second-order valence-electron chi connectivity index (χ2n) is 7.91. The fourth-order valence-corrected chi connectivity index (χ4v) is 4.11. The van der Waals surface area contributed by atoms with Gasteiger partial charge >= 0.3 is 6.09 Å². The van der Waals surface area contributed by atoms with Crippen molar-refractivity contribution in [3.63, 3.8) is 0 Å². The minimum Gasteiger partial charge on any atom is -0.404 e. The summed E-state index contributed by atoms with van der Waals surface area (Å²) in [5.41, 5.74) is 1.86. The molecule has 1 unspecified atom stereocenters. The zero-order valence-corrected chi connectivity index (χ0v) is 17.3. The lowest BCUT2D eigenvalue weighted by molar-refractivity contribution is -0.116. The molecule has 1 atom stereocenters. The summed E-state index contributed by atoms with van der Waals surface area (Å²) in [6.07, 6.45) is -0.824. The van der Waals surface area contributed by atoms with Gasteiger partial charge in [0.1, 0.15) is 5.82 Å². The second kappa shape index (κ2) is 7.83. The highest BCUT2D eigenvalue weighted by molar-refractivity contribution is 6.07. The summed E-state index contributed by atoms with van der Waals surface area (Å²) < 4.78 is 19.2. The number of benzene rings is 2. The van der Waals surface area contributed by atoms with Crippen molar-refractivity contribution in [2.24, 2.45) is 5.92 Å². The van der Waals surface area contributed by atoms with Crippen LogP contribution in [-0.4, -0.2) is 17.0 Å². The van der Waals surface area contributed by atoms with E-state index in [1.807, 2.05) is 26.0 Å². The van der Waals surface area contributed by atoms with Gasteiger partial charge in [0, 0.05) is 22.6 Å². The van der Waals surface area contributed by atoms with E-state index in [9.17, 15) is 18.8 Å². The Kier molecular flexibility index (Phi) is 5.19. The molecule has 1 aromatic heterocycles. The Balaban J connectivity index is 1.77. The summed E-state index contributed by atoms with van der Waals surface area (Å²) in [7, 11) is 0. The molecule has 7 heteroatoms. The lowest BCUT2D eigenvalue weighted by Gasteiger charge is -2.22. The maximum absolute atomic E-state index is 14.2. The van der Waals surface area contributed by atoms with Gasteiger partial charge in [0.25, 0.3) is 11.5 Å². The summed E-state index contributed by atoms with van der Waals surface area (Å²) in [6, 6.07) is 13.7. The number of aromatic amines is 1. The fourth-order valence-electron chi connectivity index (χ4n) is 4.11. The Morgan fingerprint density at radius 1 is 1.03 bits per heavy atom. The molecule has 0 saturated carbocycles. The van der Waals surface area contributed by atoms with Gasteiger partial charge in [0.15, 0.2) is 5.76 Å². The number of imide groups is 1. The molecule has 1 aliphatic heterocycles. The number of cyclic esters (lactones) is 1. The number of halogens is 1. The molecule has 0 bridgehead atoms. The summed E-state index contributed by atoms with van der Waals surface area (Å²) in [4.78, 5) is 39.3. The molecule has 6 nitrogen and oxygen atoms in total. The summed E-state index contributed by atoms with van der Waals surface area (Å²) in [5, 5.41) is 3.33. The van der Waals surface area contributed by atoms with Crippen LogP contribution >= 0.6 is 0 Å². The summed E-state index contributed by atoms with van der Waals surface area (Å²) in [6.45, 7) is 5.52. The molecule has 0 aliphatic carbocycles. The highest BCUT2D eigenvalue weighted by Crippen LogP contribution is 2.34. The smallest absolute Gasteiger partial charge is 0.404 e. The molecule has 2 N–H and O–H groups in total. The normalized spacial score (nSPS) is 16.4. The van der Waals surface area contributed by atoms with Gasteiger partial charge in [-0.2, -0.15) is 0 Å². The number of hydrogen-bond donors (Lipinski definition) is 2. The quantitative estimate of drug-likeness (QED) is 0.603. The number of hydrogen-bond acceptors (Lipinski definition) is 4. The first-order chi connectivity index (χ1) is 14.8. The summed E-state index contributed by atoms with van der Waals surface area (Å²) in [5.74, 6) is -1.48. The first-order valence-corrected chi connectivity index (χ1v) is 9.92. The Bertz CT molecular complexity index is 1310. The third-order valence-electron chi connectivity index (χ3n) is 5.52. The van der Waals surface area contributed by atoms with Gasteiger partial charge in [0.05, 0.1) is 0 Å². The van der Waals surface area contributed by atoms with E-state index in [1.54, 1.807) is 37.3 Å². The van der Waals surface area contributed by atoms with Crippen molar-refractivity contribution in [2.45, 2.75) is 26.7 Å². The molecule has 1 aliphatic rings. The predicted molar refractivity (Wildman–Crippen MR) is 115 cm³/mol.